The Kier molecular flexibility index (Phi) is 6.67. The number of carbonyl (C=O) groups is 2. The van der Waals surface area contributed by atoms with Crippen LogP contribution in [0.1, 0.15) is 15.9 Å². The van der Waals surface area contributed by atoms with Gasteiger partial charge in [0.25, 0.3) is 11.6 Å². The van der Waals surface area contributed by atoms with E-state index >= 15 is 0 Å². The van der Waals surface area contributed by atoms with Crippen LogP contribution in [-0.2, 0) is 9.53 Å². The molecule has 0 heterocycles. The maximum atomic E-state index is 11.9. The van der Waals surface area contributed by atoms with E-state index in [0.717, 1.165) is 11.6 Å². The summed E-state index contributed by atoms with van der Waals surface area (Å²) in [6.45, 7) is 1.80. The second-order valence-electron chi connectivity index (χ2n) is 5.32. The number of nitrogens with one attached hydrogen (secondary N) is 1. The minimum absolute atomic E-state index is 0.0415. The molecule has 26 heavy (non-hydrogen) atoms. The Hall–Kier alpha value is -3.42. The average molecular weight is 358 g/mol. The van der Waals surface area contributed by atoms with Crippen LogP contribution in [-0.4, -0.2) is 36.6 Å². The van der Waals surface area contributed by atoms with Crippen molar-refractivity contribution in [1.82, 2.24) is 5.32 Å². The quantitative estimate of drug-likeness (QED) is 0.336. The number of amides is 1. The van der Waals surface area contributed by atoms with E-state index < -0.39 is 16.8 Å². The highest BCUT2D eigenvalue weighted by Gasteiger charge is 2.13. The molecule has 0 aliphatic rings. The van der Waals surface area contributed by atoms with Crippen molar-refractivity contribution in [3.05, 3.63) is 69.8 Å². The van der Waals surface area contributed by atoms with Gasteiger partial charge in [-0.15, -0.1) is 0 Å². The predicted molar refractivity (Wildman–Crippen MR) is 93.1 cm³/mol. The first-order valence-electron chi connectivity index (χ1n) is 7.84. The SMILES string of the molecule is Cc1ccccc1OCCOC(=O)CNC(=O)c1cccc([N+](=O)[O-])c1. The van der Waals surface area contributed by atoms with E-state index in [9.17, 15) is 19.7 Å². The minimum Gasteiger partial charge on any atom is -0.490 e. The summed E-state index contributed by atoms with van der Waals surface area (Å²) in [4.78, 5) is 33.6. The second kappa shape index (κ2) is 9.16. The zero-order chi connectivity index (χ0) is 18.9. The van der Waals surface area contributed by atoms with Crippen molar-refractivity contribution in [1.29, 1.82) is 0 Å². The third-order valence-electron chi connectivity index (χ3n) is 3.41. The fourth-order valence-electron chi connectivity index (χ4n) is 2.09. The second-order valence-corrected chi connectivity index (χ2v) is 5.32. The number of nitro groups is 1. The van der Waals surface area contributed by atoms with Crippen LogP contribution in [0, 0.1) is 17.0 Å². The Morgan fingerprint density at radius 1 is 1.12 bits per heavy atom. The van der Waals surface area contributed by atoms with Crippen LogP contribution < -0.4 is 10.1 Å². The maximum absolute atomic E-state index is 11.9. The van der Waals surface area contributed by atoms with Gasteiger partial charge in [0.1, 0.15) is 25.5 Å². The summed E-state index contributed by atoms with van der Waals surface area (Å²) in [5.41, 5.74) is 0.867. The van der Waals surface area contributed by atoms with Crippen molar-refractivity contribution in [2.75, 3.05) is 19.8 Å². The van der Waals surface area contributed by atoms with Crippen molar-refractivity contribution in [2.45, 2.75) is 6.92 Å². The van der Waals surface area contributed by atoms with Crippen molar-refractivity contribution < 1.29 is 24.0 Å². The molecule has 1 amide bonds. The number of rotatable bonds is 8. The molecular formula is C18H18N2O6. The zero-order valence-electron chi connectivity index (χ0n) is 14.1. The van der Waals surface area contributed by atoms with E-state index in [2.05, 4.69) is 5.32 Å². The van der Waals surface area contributed by atoms with Crippen LogP contribution in [0.5, 0.6) is 5.75 Å². The average Bonchev–Trinajstić information content (AvgIpc) is 2.64. The largest absolute Gasteiger partial charge is 0.490 e. The first-order chi connectivity index (χ1) is 12.5. The highest BCUT2D eigenvalue weighted by atomic mass is 16.6. The molecule has 0 spiro atoms. The van der Waals surface area contributed by atoms with E-state index in [0.29, 0.717) is 5.75 Å². The third kappa shape index (κ3) is 5.59. The molecule has 2 aromatic rings. The summed E-state index contributed by atoms with van der Waals surface area (Å²) in [6, 6.07) is 12.7. The smallest absolute Gasteiger partial charge is 0.325 e. The minimum atomic E-state index is -0.628. The van der Waals surface area contributed by atoms with Crippen molar-refractivity contribution in [2.24, 2.45) is 0 Å². The molecule has 0 aliphatic heterocycles. The van der Waals surface area contributed by atoms with Gasteiger partial charge in [-0.05, 0) is 24.6 Å². The molecule has 2 aromatic carbocycles. The van der Waals surface area contributed by atoms with Gasteiger partial charge >= 0.3 is 5.97 Å². The van der Waals surface area contributed by atoms with E-state index in [-0.39, 0.29) is 31.0 Å². The van der Waals surface area contributed by atoms with E-state index in [4.69, 9.17) is 9.47 Å². The number of esters is 1. The molecule has 0 radical (unpaired) electrons. The molecule has 0 unspecified atom stereocenters. The lowest BCUT2D eigenvalue weighted by atomic mass is 10.2. The summed E-state index contributed by atoms with van der Waals surface area (Å²) < 4.78 is 10.5. The fraction of sp³-hybridized carbons (Fsp3) is 0.222. The molecule has 0 saturated heterocycles. The number of para-hydroxylation sites is 1. The lowest BCUT2D eigenvalue weighted by molar-refractivity contribution is -0.384. The van der Waals surface area contributed by atoms with Crippen LogP contribution in [0.25, 0.3) is 0 Å². The Morgan fingerprint density at radius 2 is 1.88 bits per heavy atom. The van der Waals surface area contributed by atoms with Crippen LogP contribution >= 0.6 is 0 Å². The molecule has 0 saturated carbocycles. The number of nitro benzene ring substituents is 1. The summed E-state index contributed by atoms with van der Waals surface area (Å²) in [6.07, 6.45) is 0. The monoisotopic (exact) mass is 358 g/mol. The lowest BCUT2D eigenvalue weighted by Crippen LogP contribution is -2.31. The van der Waals surface area contributed by atoms with Gasteiger partial charge in [0, 0.05) is 17.7 Å². The van der Waals surface area contributed by atoms with E-state index in [1.165, 1.54) is 18.2 Å². The number of benzene rings is 2. The lowest BCUT2D eigenvalue weighted by Gasteiger charge is -2.09. The van der Waals surface area contributed by atoms with Gasteiger partial charge < -0.3 is 14.8 Å². The molecule has 1 N–H and O–H groups in total. The highest BCUT2D eigenvalue weighted by molar-refractivity contribution is 5.96. The number of hydrogen-bond donors (Lipinski definition) is 1. The molecule has 8 heteroatoms. The summed E-state index contributed by atoms with van der Waals surface area (Å²) >= 11 is 0. The predicted octanol–water partition coefficient (Wildman–Crippen LogP) is 2.26. The summed E-state index contributed by atoms with van der Waals surface area (Å²) in [5.74, 6) is -0.513. The molecule has 0 atom stereocenters. The first kappa shape index (κ1) is 18.9. The Bertz CT molecular complexity index is 806. The van der Waals surface area contributed by atoms with E-state index in [1.807, 2.05) is 31.2 Å². The highest BCUT2D eigenvalue weighted by Crippen LogP contribution is 2.15. The fourth-order valence-corrected chi connectivity index (χ4v) is 2.09. The molecular weight excluding hydrogens is 340 g/mol. The van der Waals surface area contributed by atoms with Gasteiger partial charge in [-0.1, -0.05) is 24.3 Å². The van der Waals surface area contributed by atoms with Crippen LogP contribution in [0.15, 0.2) is 48.5 Å². The number of ether oxygens (including phenoxy) is 2. The molecule has 2 rings (SSSR count). The number of nitrogens with zero attached hydrogens (tertiary/aromatic N) is 1. The molecule has 0 aliphatic carbocycles. The van der Waals surface area contributed by atoms with E-state index in [1.54, 1.807) is 0 Å². The molecule has 0 bridgehead atoms. The van der Waals surface area contributed by atoms with Gasteiger partial charge in [-0.3, -0.25) is 19.7 Å². The summed E-state index contributed by atoms with van der Waals surface area (Å²) in [5, 5.41) is 13.1. The molecule has 8 nitrogen and oxygen atoms in total. The van der Waals surface area contributed by atoms with Crippen molar-refractivity contribution in [3.63, 3.8) is 0 Å². The van der Waals surface area contributed by atoms with Gasteiger partial charge in [-0.2, -0.15) is 0 Å². The first-order valence-corrected chi connectivity index (χ1v) is 7.84. The Morgan fingerprint density at radius 3 is 2.62 bits per heavy atom. The number of aryl methyl sites for hydroxylation is 1. The normalized spacial score (nSPS) is 10.0. The molecule has 136 valence electrons. The maximum Gasteiger partial charge on any atom is 0.325 e. The number of hydrogen-bond acceptors (Lipinski definition) is 6. The van der Waals surface area contributed by atoms with Gasteiger partial charge in [-0.25, -0.2) is 0 Å². The van der Waals surface area contributed by atoms with Crippen LogP contribution in [0.4, 0.5) is 5.69 Å². The van der Waals surface area contributed by atoms with Gasteiger partial charge in [0.05, 0.1) is 4.92 Å². The van der Waals surface area contributed by atoms with Gasteiger partial charge in [0.2, 0.25) is 0 Å². The third-order valence-corrected chi connectivity index (χ3v) is 3.41. The standard InChI is InChI=1S/C18H18N2O6/c1-13-5-2-3-8-16(13)25-9-10-26-17(21)12-19-18(22)14-6-4-7-15(11-14)20(23)24/h2-8,11H,9-10,12H2,1H3,(H,19,22). The Balaban J connectivity index is 1.71. The summed E-state index contributed by atoms with van der Waals surface area (Å²) in [7, 11) is 0. The van der Waals surface area contributed by atoms with Gasteiger partial charge in [0.15, 0.2) is 0 Å². The van der Waals surface area contributed by atoms with Crippen molar-refractivity contribution >= 4 is 17.6 Å². The molecule has 0 fully saturated rings. The van der Waals surface area contributed by atoms with Crippen LogP contribution in [0.2, 0.25) is 0 Å². The topological polar surface area (TPSA) is 108 Å². The number of non-ortho nitro benzene ring substituents is 1. The van der Waals surface area contributed by atoms with Crippen LogP contribution in [0.3, 0.4) is 0 Å². The molecule has 0 aromatic heterocycles. The Labute approximate surface area is 149 Å². The van der Waals surface area contributed by atoms with Crippen molar-refractivity contribution in [3.8, 4) is 5.75 Å². The zero-order valence-corrected chi connectivity index (χ0v) is 14.1. The number of carbonyl (C=O) groups excluding carboxylic acids is 2.